The van der Waals surface area contributed by atoms with E-state index in [1.165, 1.54) is 13.8 Å². The number of carbonyl (C=O) groups excluding carboxylic acids is 4. The van der Waals surface area contributed by atoms with Crippen LogP contribution in [0.1, 0.15) is 47.0 Å². The highest BCUT2D eigenvalue weighted by molar-refractivity contribution is 5.90. The summed E-state index contributed by atoms with van der Waals surface area (Å²) >= 11 is 0. The van der Waals surface area contributed by atoms with E-state index in [-0.39, 0.29) is 13.2 Å². The summed E-state index contributed by atoms with van der Waals surface area (Å²) in [6, 6.07) is 0. The maximum Gasteiger partial charge on any atom is 0.413 e. The first kappa shape index (κ1) is 19.9. The van der Waals surface area contributed by atoms with Crippen LogP contribution >= 0.6 is 0 Å². The van der Waals surface area contributed by atoms with Crippen LogP contribution in [0.2, 0.25) is 0 Å². The Labute approximate surface area is 129 Å². The largest absolute Gasteiger partial charge is 0.449 e. The molecule has 8 nitrogen and oxygen atoms in total. The van der Waals surface area contributed by atoms with Crippen LogP contribution in [0.5, 0.6) is 0 Å². The van der Waals surface area contributed by atoms with Crippen LogP contribution < -0.4 is 10.6 Å². The van der Waals surface area contributed by atoms with Gasteiger partial charge in [-0.1, -0.05) is 20.3 Å². The third-order valence-corrected chi connectivity index (χ3v) is 3.11. The summed E-state index contributed by atoms with van der Waals surface area (Å²) in [5, 5.41) is 4.02. The van der Waals surface area contributed by atoms with Crippen LogP contribution in [0.15, 0.2) is 0 Å². The van der Waals surface area contributed by atoms with Crippen molar-refractivity contribution in [3.8, 4) is 0 Å². The molecule has 4 amide bonds. The molecule has 8 heteroatoms. The molecule has 0 aromatic heterocycles. The van der Waals surface area contributed by atoms with Gasteiger partial charge in [0.25, 0.3) is 0 Å². The Hall–Kier alpha value is -2.12. The third-order valence-electron chi connectivity index (χ3n) is 3.11. The smallest absolute Gasteiger partial charge is 0.413 e. The normalized spacial score (nSPS) is 10.5. The van der Waals surface area contributed by atoms with Crippen molar-refractivity contribution in [3.63, 3.8) is 0 Å². The molecule has 0 rings (SSSR count). The SMILES string of the molecule is CCCC(CC)(COC(=O)NC(C)=O)COC(=O)NC(C)=O. The van der Waals surface area contributed by atoms with Gasteiger partial charge in [0.2, 0.25) is 11.8 Å². The molecular weight excluding hydrogens is 292 g/mol. The van der Waals surface area contributed by atoms with Crippen molar-refractivity contribution in [1.29, 1.82) is 0 Å². The van der Waals surface area contributed by atoms with Crippen LogP contribution in [0.4, 0.5) is 9.59 Å². The summed E-state index contributed by atoms with van der Waals surface area (Å²) < 4.78 is 10.1. The maximum atomic E-state index is 11.4. The standard InChI is InChI=1S/C14H24N2O6/c1-5-7-14(6-2,8-21-12(19)15-10(3)17)9-22-13(20)16-11(4)18/h5-9H2,1-4H3,(H,15,17,19)(H,16,18,20). The summed E-state index contributed by atoms with van der Waals surface area (Å²) in [5.41, 5.74) is -0.559. The first-order valence-electron chi connectivity index (χ1n) is 7.13. The number of nitrogens with one attached hydrogen (secondary N) is 2. The number of rotatable bonds is 7. The number of imide groups is 2. The fourth-order valence-corrected chi connectivity index (χ4v) is 1.89. The average Bonchev–Trinajstić information content (AvgIpc) is 2.40. The highest BCUT2D eigenvalue weighted by Crippen LogP contribution is 2.29. The minimum Gasteiger partial charge on any atom is -0.449 e. The van der Waals surface area contributed by atoms with Gasteiger partial charge in [-0.15, -0.1) is 0 Å². The molecule has 0 aromatic carbocycles. The van der Waals surface area contributed by atoms with Gasteiger partial charge >= 0.3 is 12.2 Å². The van der Waals surface area contributed by atoms with Crippen molar-refractivity contribution >= 4 is 24.0 Å². The van der Waals surface area contributed by atoms with E-state index >= 15 is 0 Å². The van der Waals surface area contributed by atoms with E-state index in [4.69, 9.17) is 9.47 Å². The van der Waals surface area contributed by atoms with E-state index in [0.717, 1.165) is 6.42 Å². The fourth-order valence-electron chi connectivity index (χ4n) is 1.89. The average molecular weight is 316 g/mol. The second-order valence-corrected chi connectivity index (χ2v) is 5.12. The van der Waals surface area contributed by atoms with Gasteiger partial charge in [-0.2, -0.15) is 0 Å². The number of amides is 4. The number of alkyl carbamates (subject to hydrolysis) is 2. The predicted octanol–water partition coefficient (Wildman–Crippen LogP) is 1.73. The zero-order valence-electron chi connectivity index (χ0n) is 13.5. The molecule has 0 unspecified atom stereocenters. The molecule has 0 spiro atoms. The number of hydrogen-bond donors (Lipinski definition) is 2. The van der Waals surface area contributed by atoms with Crippen LogP contribution in [0, 0.1) is 5.41 Å². The number of ether oxygens (including phenoxy) is 2. The molecule has 0 saturated heterocycles. The van der Waals surface area contributed by atoms with Crippen molar-refractivity contribution in [3.05, 3.63) is 0 Å². The van der Waals surface area contributed by atoms with Gasteiger partial charge in [0.05, 0.1) is 0 Å². The molecule has 0 radical (unpaired) electrons. The second kappa shape index (κ2) is 9.75. The number of carbonyl (C=O) groups is 4. The van der Waals surface area contributed by atoms with E-state index in [1.807, 2.05) is 24.5 Å². The Morgan fingerprint density at radius 2 is 1.27 bits per heavy atom. The zero-order chi connectivity index (χ0) is 17.2. The van der Waals surface area contributed by atoms with Crippen molar-refractivity contribution < 1.29 is 28.7 Å². The Morgan fingerprint density at radius 1 is 0.864 bits per heavy atom. The van der Waals surface area contributed by atoms with Gasteiger partial charge in [-0.25, -0.2) is 9.59 Å². The lowest BCUT2D eigenvalue weighted by molar-refractivity contribution is -0.119. The molecule has 0 aliphatic carbocycles. The van der Waals surface area contributed by atoms with E-state index in [9.17, 15) is 19.2 Å². The molecule has 0 aromatic rings. The van der Waals surface area contributed by atoms with Gasteiger partial charge in [-0.3, -0.25) is 20.2 Å². The van der Waals surface area contributed by atoms with E-state index in [2.05, 4.69) is 0 Å². The first-order chi connectivity index (χ1) is 10.2. The summed E-state index contributed by atoms with van der Waals surface area (Å²) in [5.74, 6) is -1.03. The van der Waals surface area contributed by atoms with E-state index in [0.29, 0.717) is 12.8 Å². The lowest BCUT2D eigenvalue weighted by Crippen LogP contribution is -2.39. The molecule has 0 saturated carbocycles. The van der Waals surface area contributed by atoms with Crippen molar-refractivity contribution in [2.45, 2.75) is 47.0 Å². The summed E-state index contributed by atoms with van der Waals surface area (Å²) in [6.07, 6.45) is 0.374. The van der Waals surface area contributed by atoms with Crippen LogP contribution in [0.3, 0.4) is 0 Å². The molecule has 22 heavy (non-hydrogen) atoms. The van der Waals surface area contributed by atoms with Crippen LogP contribution in [-0.4, -0.2) is 37.2 Å². The third kappa shape index (κ3) is 8.23. The maximum absolute atomic E-state index is 11.4. The topological polar surface area (TPSA) is 111 Å². The molecule has 0 atom stereocenters. The minimum atomic E-state index is -0.838. The van der Waals surface area contributed by atoms with Gasteiger partial charge < -0.3 is 9.47 Å². The zero-order valence-corrected chi connectivity index (χ0v) is 13.5. The monoisotopic (exact) mass is 316 g/mol. The summed E-state index contributed by atoms with van der Waals surface area (Å²) in [6.45, 7) is 6.25. The van der Waals surface area contributed by atoms with Gasteiger partial charge in [0.1, 0.15) is 13.2 Å². The fraction of sp³-hybridized carbons (Fsp3) is 0.714. The van der Waals surface area contributed by atoms with Crippen LogP contribution in [-0.2, 0) is 19.1 Å². The molecular formula is C14H24N2O6. The Balaban J connectivity index is 4.63. The highest BCUT2D eigenvalue weighted by atomic mass is 16.6. The summed E-state index contributed by atoms with van der Waals surface area (Å²) in [4.78, 5) is 44.3. The molecule has 126 valence electrons. The molecule has 0 aliphatic heterocycles. The Kier molecular flexibility index (Phi) is 8.81. The van der Waals surface area contributed by atoms with Crippen molar-refractivity contribution in [1.82, 2.24) is 10.6 Å². The molecule has 0 heterocycles. The highest BCUT2D eigenvalue weighted by Gasteiger charge is 2.31. The first-order valence-corrected chi connectivity index (χ1v) is 7.13. The minimum absolute atomic E-state index is 0.00377. The van der Waals surface area contributed by atoms with Crippen LogP contribution in [0.25, 0.3) is 0 Å². The molecule has 2 N–H and O–H groups in total. The lowest BCUT2D eigenvalue weighted by atomic mass is 9.82. The van der Waals surface area contributed by atoms with Crippen molar-refractivity contribution in [2.24, 2.45) is 5.41 Å². The predicted molar refractivity (Wildman–Crippen MR) is 78.0 cm³/mol. The lowest BCUT2D eigenvalue weighted by Gasteiger charge is -2.31. The molecule has 0 fully saturated rings. The molecule has 0 aliphatic rings. The summed E-state index contributed by atoms with van der Waals surface area (Å²) in [7, 11) is 0. The quantitative estimate of drug-likeness (QED) is 0.740. The molecule has 0 bridgehead atoms. The Bertz CT molecular complexity index is 390. The van der Waals surface area contributed by atoms with E-state index in [1.54, 1.807) is 0 Å². The van der Waals surface area contributed by atoms with E-state index < -0.39 is 29.4 Å². The van der Waals surface area contributed by atoms with Gasteiger partial charge in [-0.05, 0) is 12.8 Å². The van der Waals surface area contributed by atoms with Crippen molar-refractivity contribution in [2.75, 3.05) is 13.2 Å². The number of hydrogen-bond acceptors (Lipinski definition) is 6. The van der Waals surface area contributed by atoms with Gasteiger partial charge in [0, 0.05) is 19.3 Å². The second-order valence-electron chi connectivity index (χ2n) is 5.12. The van der Waals surface area contributed by atoms with Gasteiger partial charge in [0.15, 0.2) is 0 Å². The Morgan fingerprint density at radius 3 is 1.55 bits per heavy atom.